The normalized spacial score (nSPS) is 20.9. The molecular formula is C11H23N3. The summed E-state index contributed by atoms with van der Waals surface area (Å²) in [4.78, 5) is 2.39. The lowest BCUT2D eigenvalue weighted by atomic mass is 10.2. The maximum Gasteiger partial charge on any atom is 0.119 e. The fourth-order valence-electron chi connectivity index (χ4n) is 1.87. The van der Waals surface area contributed by atoms with Gasteiger partial charge in [0.1, 0.15) is 12.5 Å². The predicted octanol–water partition coefficient (Wildman–Crippen LogP) is 2.49. The highest BCUT2D eigenvalue weighted by Gasteiger charge is 2.24. The Hall–Kier alpha value is -0.730. The number of hydrogen-bond acceptors (Lipinski definition) is 3. The summed E-state index contributed by atoms with van der Waals surface area (Å²) in [6.07, 6.45) is 7.51. The second-order valence-corrected chi connectivity index (χ2v) is 3.85. The highest BCUT2D eigenvalue weighted by atomic mass is 15.6. The van der Waals surface area contributed by atoms with Gasteiger partial charge < -0.3 is 4.90 Å². The van der Waals surface area contributed by atoms with Crippen molar-refractivity contribution in [3.63, 3.8) is 0 Å². The fourth-order valence-corrected chi connectivity index (χ4v) is 1.87. The van der Waals surface area contributed by atoms with Crippen LogP contribution < -0.4 is 0 Å². The van der Waals surface area contributed by atoms with E-state index in [2.05, 4.69) is 35.8 Å². The summed E-state index contributed by atoms with van der Waals surface area (Å²) in [6.45, 7) is 8.82. The summed E-state index contributed by atoms with van der Waals surface area (Å²) in [5.74, 6) is 0. The van der Waals surface area contributed by atoms with Crippen molar-refractivity contribution in [1.82, 2.24) is 9.91 Å². The molecule has 0 radical (unpaired) electrons. The van der Waals surface area contributed by atoms with Crippen LogP contribution in [0.3, 0.4) is 0 Å². The molecular weight excluding hydrogens is 174 g/mol. The minimum Gasteiger partial charge on any atom is -0.339 e. The van der Waals surface area contributed by atoms with Gasteiger partial charge in [-0.05, 0) is 19.8 Å². The van der Waals surface area contributed by atoms with Crippen LogP contribution in [0.4, 0.5) is 0 Å². The fraction of sp³-hybridized carbons (Fsp3) is 0.909. The molecule has 0 aliphatic carbocycles. The van der Waals surface area contributed by atoms with E-state index in [1.165, 1.54) is 25.7 Å². The van der Waals surface area contributed by atoms with E-state index in [4.69, 9.17) is 0 Å². The van der Waals surface area contributed by atoms with Crippen LogP contribution in [-0.2, 0) is 0 Å². The molecule has 1 unspecified atom stereocenters. The van der Waals surface area contributed by atoms with Crippen molar-refractivity contribution in [3.8, 4) is 0 Å². The Kier molecular flexibility index (Phi) is 4.77. The molecule has 0 amide bonds. The van der Waals surface area contributed by atoms with Gasteiger partial charge in [0.15, 0.2) is 0 Å². The molecule has 1 aliphatic heterocycles. The Labute approximate surface area is 87.8 Å². The van der Waals surface area contributed by atoms with Crippen LogP contribution in [0, 0.1) is 0 Å². The molecule has 0 saturated heterocycles. The molecule has 1 atom stereocenters. The number of hydrogen-bond donors (Lipinski definition) is 0. The van der Waals surface area contributed by atoms with E-state index in [9.17, 15) is 0 Å². The van der Waals surface area contributed by atoms with Gasteiger partial charge in [-0.3, -0.25) is 5.01 Å². The third kappa shape index (κ3) is 2.63. The molecule has 0 aromatic carbocycles. The van der Waals surface area contributed by atoms with Gasteiger partial charge in [0.05, 0.1) is 0 Å². The monoisotopic (exact) mass is 197 g/mol. The first kappa shape index (κ1) is 11.3. The lowest BCUT2D eigenvalue weighted by Crippen LogP contribution is -2.39. The highest BCUT2D eigenvalue weighted by molar-refractivity contribution is 5.57. The number of nitrogens with zero attached hydrogens (tertiary/aromatic N) is 3. The van der Waals surface area contributed by atoms with E-state index < -0.39 is 0 Å². The van der Waals surface area contributed by atoms with Crippen molar-refractivity contribution in [2.45, 2.75) is 52.6 Å². The molecule has 3 heteroatoms. The third-order valence-corrected chi connectivity index (χ3v) is 2.72. The van der Waals surface area contributed by atoms with Crippen LogP contribution >= 0.6 is 0 Å². The van der Waals surface area contributed by atoms with Crippen molar-refractivity contribution in [1.29, 1.82) is 0 Å². The maximum atomic E-state index is 4.42. The van der Waals surface area contributed by atoms with Gasteiger partial charge in [0, 0.05) is 13.1 Å². The maximum absolute atomic E-state index is 4.42. The smallest absolute Gasteiger partial charge is 0.119 e. The van der Waals surface area contributed by atoms with Crippen LogP contribution in [0.5, 0.6) is 0 Å². The largest absolute Gasteiger partial charge is 0.339 e. The van der Waals surface area contributed by atoms with Gasteiger partial charge >= 0.3 is 0 Å². The minimum absolute atomic E-state index is 0.525. The molecule has 0 aromatic heterocycles. The summed E-state index contributed by atoms with van der Waals surface area (Å²) in [7, 11) is 0. The average molecular weight is 197 g/mol. The van der Waals surface area contributed by atoms with Gasteiger partial charge in [-0.15, -0.1) is 0 Å². The van der Waals surface area contributed by atoms with Gasteiger partial charge in [0.2, 0.25) is 0 Å². The summed E-state index contributed by atoms with van der Waals surface area (Å²) in [6, 6.07) is 0. The van der Waals surface area contributed by atoms with Crippen molar-refractivity contribution >= 4 is 6.34 Å². The number of rotatable bonds is 6. The number of hydrazone groups is 1. The highest BCUT2D eigenvalue weighted by Crippen LogP contribution is 2.17. The topological polar surface area (TPSA) is 18.8 Å². The summed E-state index contributed by atoms with van der Waals surface area (Å²) in [5, 5.41) is 6.62. The van der Waals surface area contributed by atoms with Crippen molar-refractivity contribution in [3.05, 3.63) is 0 Å². The lowest BCUT2D eigenvalue weighted by molar-refractivity contribution is 0.126. The van der Waals surface area contributed by atoms with E-state index in [1.54, 1.807) is 0 Å². The Bertz CT molecular complexity index is 179. The van der Waals surface area contributed by atoms with Crippen LogP contribution in [0.2, 0.25) is 0 Å². The zero-order chi connectivity index (χ0) is 10.4. The molecule has 1 heterocycles. The summed E-state index contributed by atoms with van der Waals surface area (Å²) in [5.41, 5.74) is 0. The average Bonchev–Trinajstić information content (AvgIpc) is 2.58. The zero-order valence-electron chi connectivity index (χ0n) is 9.74. The lowest BCUT2D eigenvalue weighted by Gasteiger charge is -2.29. The first-order valence-corrected chi connectivity index (χ1v) is 5.89. The van der Waals surface area contributed by atoms with E-state index in [0.29, 0.717) is 6.17 Å². The Morgan fingerprint density at radius 1 is 1.21 bits per heavy atom. The molecule has 1 rings (SSSR count). The SMILES string of the molecule is CCCCN1C=NN(CC)C1CCC. The zero-order valence-corrected chi connectivity index (χ0v) is 9.74. The molecule has 0 N–H and O–H groups in total. The first-order valence-electron chi connectivity index (χ1n) is 5.89. The van der Waals surface area contributed by atoms with Gasteiger partial charge in [-0.25, -0.2) is 0 Å². The molecule has 0 fully saturated rings. The van der Waals surface area contributed by atoms with E-state index in [1.807, 2.05) is 6.34 Å². The summed E-state index contributed by atoms with van der Waals surface area (Å²) >= 11 is 0. The molecule has 0 saturated carbocycles. The quantitative estimate of drug-likeness (QED) is 0.651. The predicted molar refractivity (Wildman–Crippen MR) is 61.2 cm³/mol. The van der Waals surface area contributed by atoms with Crippen molar-refractivity contribution in [2.24, 2.45) is 5.10 Å². The van der Waals surface area contributed by atoms with Crippen LogP contribution in [-0.4, -0.2) is 35.5 Å². The number of unbranched alkanes of at least 4 members (excludes halogenated alkanes) is 1. The second kappa shape index (κ2) is 5.89. The van der Waals surface area contributed by atoms with Crippen LogP contribution in [0.25, 0.3) is 0 Å². The van der Waals surface area contributed by atoms with Gasteiger partial charge in [-0.1, -0.05) is 26.7 Å². The minimum atomic E-state index is 0.525. The molecule has 82 valence electrons. The molecule has 3 nitrogen and oxygen atoms in total. The Balaban J connectivity index is 2.44. The molecule has 0 aromatic rings. The van der Waals surface area contributed by atoms with Crippen LogP contribution in [0.15, 0.2) is 5.10 Å². The Morgan fingerprint density at radius 2 is 2.00 bits per heavy atom. The van der Waals surface area contributed by atoms with Gasteiger partial charge in [-0.2, -0.15) is 5.10 Å². The van der Waals surface area contributed by atoms with E-state index in [0.717, 1.165) is 13.1 Å². The molecule has 0 bridgehead atoms. The second-order valence-electron chi connectivity index (χ2n) is 3.85. The van der Waals surface area contributed by atoms with E-state index in [-0.39, 0.29) is 0 Å². The van der Waals surface area contributed by atoms with Crippen molar-refractivity contribution < 1.29 is 0 Å². The molecule has 0 spiro atoms. The standard InChI is InChI=1S/C11H23N3/c1-4-7-9-13-10-12-14(6-3)11(13)8-5-2/h10-11H,4-9H2,1-3H3. The van der Waals surface area contributed by atoms with Gasteiger partial charge in [0.25, 0.3) is 0 Å². The molecule has 1 aliphatic rings. The summed E-state index contributed by atoms with van der Waals surface area (Å²) < 4.78 is 0. The van der Waals surface area contributed by atoms with E-state index >= 15 is 0 Å². The van der Waals surface area contributed by atoms with Crippen molar-refractivity contribution in [2.75, 3.05) is 13.1 Å². The van der Waals surface area contributed by atoms with Crippen LogP contribution in [0.1, 0.15) is 46.5 Å². The molecule has 14 heavy (non-hydrogen) atoms. The third-order valence-electron chi connectivity index (χ3n) is 2.72. The first-order chi connectivity index (χ1) is 6.83. The Morgan fingerprint density at radius 3 is 2.57 bits per heavy atom.